The molecule has 0 saturated heterocycles. The largest absolute Gasteiger partial charge is 0.469 e. The minimum Gasteiger partial charge on any atom is -0.469 e. The van der Waals surface area contributed by atoms with E-state index >= 15 is 0 Å². The molecular formula is C23H34O4. The number of hydrogen-bond acceptors (Lipinski definition) is 4. The fraction of sp³-hybridized carbons (Fsp3) is 0.739. The first-order chi connectivity index (χ1) is 12.6. The number of ether oxygens (including phenoxy) is 2. The Hall–Kier alpha value is -1.58. The summed E-state index contributed by atoms with van der Waals surface area (Å²) in [7, 11) is 1.50. The molecule has 0 aromatic heterocycles. The van der Waals surface area contributed by atoms with Gasteiger partial charge < -0.3 is 9.47 Å². The number of methoxy groups -OCH3 is 1. The van der Waals surface area contributed by atoms with Crippen molar-refractivity contribution in [1.82, 2.24) is 0 Å². The average Bonchev–Trinajstić information content (AvgIpc) is 2.61. The number of allylic oxidation sites excluding steroid dienone is 1. The van der Waals surface area contributed by atoms with Crippen LogP contribution in [0.2, 0.25) is 0 Å². The van der Waals surface area contributed by atoms with Gasteiger partial charge in [0.2, 0.25) is 0 Å². The van der Waals surface area contributed by atoms with E-state index in [-0.39, 0.29) is 34.8 Å². The minimum absolute atomic E-state index is 0.0506. The predicted octanol–water partition coefficient (Wildman–Crippen LogP) is 4.84. The van der Waals surface area contributed by atoms with Crippen LogP contribution >= 0.6 is 0 Å². The van der Waals surface area contributed by atoms with E-state index in [0.29, 0.717) is 5.92 Å². The highest BCUT2D eigenvalue weighted by molar-refractivity contribution is 5.77. The zero-order chi connectivity index (χ0) is 20.0. The zero-order valence-corrected chi connectivity index (χ0v) is 17.5. The lowest BCUT2D eigenvalue weighted by molar-refractivity contribution is -0.164. The van der Waals surface area contributed by atoms with Crippen LogP contribution in [0.5, 0.6) is 0 Å². The maximum absolute atomic E-state index is 12.7. The van der Waals surface area contributed by atoms with Gasteiger partial charge in [-0.1, -0.05) is 31.9 Å². The molecule has 4 heteroatoms. The number of carbonyl (C=O) groups is 2. The first-order valence-electron chi connectivity index (χ1n) is 10.2. The Kier molecular flexibility index (Phi) is 5.07. The van der Waals surface area contributed by atoms with Gasteiger partial charge in [-0.2, -0.15) is 0 Å². The second kappa shape index (κ2) is 6.79. The van der Waals surface area contributed by atoms with Gasteiger partial charge in [0.15, 0.2) is 0 Å². The van der Waals surface area contributed by atoms with Gasteiger partial charge >= 0.3 is 11.9 Å². The van der Waals surface area contributed by atoms with Crippen molar-refractivity contribution in [2.45, 2.75) is 72.3 Å². The lowest BCUT2D eigenvalue weighted by Crippen LogP contribution is -2.54. The van der Waals surface area contributed by atoms with Crippen molar-refractivity contribution in [2.24, 2.45) is 28.1 Å². The molecule has 0 amide bonds. The normalized spacial score (nSPS) is 43.6. The molecule has 6 unspecified atom stereocenters. The van der Waals surface area contributed by atoms with Gasteiger partial charge in [0.25, 0.3) is 0 Å². The second-order valence-corrected chi connectivity index (χ2v) is 9.57. The van der Waals surface area contributed by atoms with Crippen LogP contribution in [0.4, 0.5) is 0 Å². The SMILES string of the molecule is C=CC1(C)CC2CCC3C(C)(C(=O)OC)CCCC3(C)C2=CC1OC(C)=O. The summed E-state index contributed by atoms with van der Waals surface area (Å²) < 4.78 is 10.9. The van der Waals surface area contributed by atoms with Gasteiger partial charge in [0.05, 0.1) is 12.5 Å². The summed E-state index contributed by atoms with van der Waals surface area (Å²) in [6.07, 6.45) is 9.87. The van der Waals surface area contributed by atoms with Crippen molar-refractivity contribution < 1.29 is 19.1 Å². The molecule has 3 aliphatic carbocycles. The van der Waals surface area contributed by atoms with Crippen molar-refractivity contribution in [3.63, 3.8) is 0 Å². The lowest BCUT2D eigenvalue weighted by Gasteiger charge is -2.58. The summed E-state index contributed by atoms with van der Waals surface area (Å²) in [6, 6.07) is 0. The molecule has 0 N–H and O–H groups in total. The Labute approximate surface area is 163 Å². The third-order valence-electron chi connectivity index (χ3n) is 7.91. The molecule has 0 aliphatic heterocycles. The van der Waals surface area contributed by atoms with Crippen LogP contribution in [0.25, 0.3) is 0 Å². The molecule has 0 aromatic rings. The standard InChI is InChI=1S/C23H34O4/c1-7-21(3)14-16-9-10-18-22(4,17(16)13-19(21)27-15(2)24)11-8-12-23(18,5)20(25)26-6/h7,13,16,18-19H,1,8-12,14H2,2-6H3. The topological polar surface area (TPSA) is 52.6 Å². The van der Waals surface area contributed by atoms with Crippen molar-refractivity contribution in [3.8, 4) is 0 Å². The highest BCUT2D eigenvalue weighted by atomic mass is 16.5. The van der Waals surface area contributed by atoms with E-state index in [1.165, 1.54) is 19.6 Å². The molecule has 150 valence electrons. The third kappa shape index (κ3) is 3.05. The summed E-state index contributed by atoms with van der Waals surface area (Å²) in [5.74, 6) is 0.380. The maximum Gasteiger partial charge on any atom is 0.311 e. The average molecular weight is 375 g/mol. The molecule has 0 heterocycles. The second-order valence-electron chi connectivity index (χ2n) is 9.57. The summed E-state index contributed by atoms with van der Waals surface area (Å²) in [5, 5.41) is 0. The van der Waals surface area contributed by atoms with Gasteiger partial charge in [-0.05, 0) is 62.4 Å². The van der Waals surface area contributed by atoms with Gasteiger partial charge in [0.1, 0.15) is 6.10 Å². The molecule has 3 rings (SSSR count). The van der Waals surface area contributed by atoms with Crippen LogP contribution in [-0.2, 0) is 19.1 Å². The number of fused-ring (bicyclic) bond motifs is 3. The van der Waals surface area contributed by atoms with Gasteiger partial charge in [-0.15, -0.1) is 6.58 Å². The minimum atomic E-state index is -0.441. The quantitative estimate of drug-likeness (QED) is 0.524. The van der Waals surface area contributed by atoms with Crippen molar-refractivity contribution in [1.29, 1.82) is 0 Å². The molecule has 27 heavy (non-hydrogen) atoms. The molecule has 4 nitrogen and oxygen atoms in total. The van der Waals surface area contributed by atoms with E-state index < -0.39 is 5.41 Å². The Morgan fingerprint density at radius 3 is 2.52 bits per heavy atom. The van der Waals surface area contributed by atoms with Crippen LogP contribution in [0, 0.1) is 28.1 Å². The van der Waals surface area contributed by atoms with E-state index in [1.807, 2.05) is 6.08 Å². The van der Waals surface area contributed by atoms with Gasteiger partial charge in [-0.3, -0.25) is 9.59 Å². The molecular weight excluding hydrogens is 340 g/mol. The fourth-order valence-electron chi connectivity index (χ4n) is 6.41. The molecule has 0 spiro atoms. The molecule has 2 fully saturated rings. The Balaban J connectivity index is 2.05. The molecule has 0 radical (unpaired) electrons. The van der Waals surface area contributed by atoms with Crippen molar-refractivity contribution in [3.05, 3.63) is 24.3 Å². The first-order valence-corrected chi connectivity index (χ1v) is 10.2. The highest BCUT2D eigenvalue weighted by Crippen LogP contribution is 2.64. The number of esters is 2. The maximum atomic E-state index is 12.7. The monoisotopic (exact) mass is 374 g/mol. The molecule has 0 bridgehead atoms. The zero-order valence-electron chi connectivity index (χ0n) is 17.5. The molecule has 6 atom stereocenters. The molecule has 2 saturated carbocycles. The van der Waals surface area contributed by atoms with Gasteiger partial charge in [0, 0.05) is 12.3 Å². The van der Waals surface area contributed by atoms with Crippen molar-refractivity contribution in [2.75, 3.05) is 7.11 Å². The van der Waals surface area contributed by atoms with Crippen LogP contribution in [-0.4, -0.2) is 25.2 Å². The summed E-state index contributed by atoms with van der Waals surface area (Å²) in [6.45, 7) is 12.0. The summed E-state index contributed by atoms with van der Waals surface area (Å²) in [5.41, 5.74) is 0.650. The lowest BCUT2D eigenvalue weighted by atomic mass is 9.46. The number of carbonyl (C=O) groups excluding carboxylic acids is 2. The number of rotatable bonds is 3. The van der Waals surface area contributed by atoms with E-state index in [4.69, 9.17) is 9.47 Å². The number of hydrogen-bond donors (Lipinski definition) is 0. The third-order valence-corrected chi connectivity index (χ3v) is 7.91. The van der Waals surface area contributed by atoms with E-state index in [2.05, 4.69) is 33.4 Å². The molecule has 3 aliphatic rings. The van der Waals surface area contributed by atoms with Crippen LogP contribution in [0.3, 0.4) is 0 Å². The fourth-order valence-corrected chi connectivity index (χ4v) is 6.41. The summed E-state index contributed by atoms with van der Waals surface area (Å²) in [4.78, 5) is 24.4. The van der Waals surface area contributed by atoms with E-state index in [1.54, 1.807) is 0 Å². The van der Waals surface area contributed by atoms with Crippen LogP contribution < -0.4 is 0 Å². The Bertz CT molecular complexity index is 680. The van der Waals surface area contributed by atoms with E-state index in [0.717, 1.165) is 38.5 Å². The smallest absolute Gasteiger partial charge is 0.311 e. The predicted molar refractivity (Wildman–Crippen MR) is 105 cm³/mol. The van der Waals surface area contributed by atoms with Crippen molar-refractivity contribution >= 4 is 11.9 Å². The van der Waals surface area contributed by atoms with E-state index in [9.17, 15) is 9.59 Å². The van der Waals surface area contributed by atoms with Crippen LogP contribution in [0.1, 0.15) is 66.2 Å². The first kappa shape index (κ1) is 20.2. The highest BCUT2D eigenvalue weighted by Gasteiger charge is 2.59. The van der Waals surface area contributed by atoms with Crippen LogP contribution in [0.15, 0.2) is 24.3 Å². The Morgan fingerprint density at radius 2 is 1.93 bits per heavy atom. The molecule has 0 aromatic carbocycles. The van der Waals surface area contributed by atoms with Gasteiger partial charge in [-0.25, -0.2) is 0 Å². The summed E-state index contributed by atoms with van der Waals surface area (Å²) >= 11 is 0. The Morgan fingerprint density at radius 1 is 1.22 bits per heavy atom.